The van der Waals surface area contributed by atoms with E-state index in [4.69, 9.17) is 18.8 Å². The molecule has 0 unspecified atom stereocenters. The zero-order valence-electron chi connectivity index (χ0n) is 66.4. The molecule has 4 aliphatic carbocycles. The summed E-state index contributed by atoms with van der Waals surface area (Å²) in [6.45, 7) is 0. The van der Waals surface area contributed by atoms with Gasteiger partial charge in [0.1, 0.15) is 16.7 Å². The summed E-state index contributed by atoms with van der Waals surface area (Å²) in [6, 6.07) is 143. The zero-order chi connectivity index (χ0) is 80.5. The highest BCUT2D eigenvalue weighted by Crippen LogP contribution is 2.67. The Morgan fingerprint density at radius 1 is 0.242 bits per heavy atom. The first-order valence-electron chi connectivity index (χ1n) is 42.6. The lowest BCUT2D eigenvalue weighted by molar-refractivity contribution is 0.645. The summed E-state index contributed by atoms with van der Waals surface area (Å²) in [5, 5.41) is 17.9. The number of pyridine rings is 2. The third kappa shape index (κ3) is 8.62. The van der Waals surface area contributed by atoms with Gasteiger partial charge in [-0.1, -0.05) is 297 Å². The lowest BCUT2D eigenvalue weighted by atomic mass is 9.70. The van der Waals surface area contributed by atoms with Crippen molar-refractivity contribution in [3.8, 4) is 78.4 Å². The molecular weight excluding hydrogens is 1550 g/mol. The van der Waals surface area contributed by atoms with Crippen LogP contribution >= 0.6 is 22.7 Å². The average molecular weight is 1610 g/mol. The van der Waals surface area contributed by atoms with Crippen LogP contribution in [0.4, 0.5) is 0 Å². The van der Waals surface area contributed by atoms with Gasteiger partial charge in [-0.25, -0.2) is 9.97 Å². The SMILES string of the molecule is c1cc(-c2nc3ccccc3c3c4c(ccc23)C2(c3ccccc3-c3ccccc32)c2ccccc2-4)cc(-n2c3cc4c(cc3c3c5ccccc5oc32)sc2ccccc24)c1.c1cc(-c2nc3ccccc3c3c4c(ccc23)C2(c3ccccc3-c3ccccc32)c2ccccc2-4)cc(-n2c3cc4c(cc3c3oc5ccccc5c32)sc2ccccc24)c1. The zero-order valence-corrected chi connectivity index (χ0v) is 68.0. The van der Waals surface area contributed by atoms with E-state index in [1.54, 1.807) is 0 Å². The number of thiophene rings is 2. The Kier molecular flexibility index (Phi) is 13.3. The number of nitrogens with zero attached hydrogens (tertiary/aromatic N) is 4. The molecule has 124 heavy (non-hydrogen) atoms. The topological polar surface area (TPSA) is 61.9 Å². The van der Waals surface area contributed by atoms with E-state index in [0.717, 1.165) is 122 Å². The van der Waals surface area contributed by atoms with Crippen LogP contribution in [0, 0.1) is 0 Å². The highest BCUT2D eigenvalue weighted by atomic mass is 32.1. The number of hydrogen-bond acceptors (Lipinski definition) is 6. The standard InChI is InChI=1S/2C58H32N2OS/c1-7-22-44-35(16-1)36-17-2-8-23-45(36)58(44)46-24-9-3-19-38(46)55-47(58)29-28-41-53(55)39-20-4-10-25-48(39)59-56(41)33-14-13-15-34(30-33)60-49-31-42-37-18-6-12-27-51(37)62-52(42)32-43(49)54-40-21-5-11-26-50(40)61-57(54)60;1-7-22-44-35(16-1)36-17-2-8-23-45(36)58(44)46-24-9-3-19-38(46)54-47(58)29-28-41-53(54)39-20-4-10-25-48(39)59-55(41)33-14-13-15-34(30-33)60-49-31-42-37-18-6-12-27-51(37)62-52(42)32-43(49)57-56(60)40-21-5-11-26-50(40)61-57/h2*1-32H. The van der Waals surface area contributed by atoms with Crippen molar-refractivity contribution in [1.29, 1.82) is 0 Å². The molecular formula is C116H64N4O2S2. The molecule has 0 radical (unpaired) electrons. The maximum Gasteiger partial charge on any atom is 0.213 e. The summed E-state index contributed by atoms with van der Waals surface area (Å²) in [4.78, 5) is 11.1. The Bertz CT molecular complexity index is 9200. The average Bonchev–Trinajstić information content (AvgIpc) is 1.50. The summed E-state index contributed by atoms with van der Waals surface area (Å²) in [5.74, 6) is 0. The molecule has 18 aromatic carbocycles. The predicted molar refractivity (Wildman–Crippen MR) is 516 cm³/mol. The fraction of sp³-hybridized carbons (Fsp3) is 0.0172. The Morgan fingerprint density at radius 2 is 0.629 bits per heavy atom. The second kappa shape index (κ2) is 24.6. The molecule has 0 aliphatic heterocycles. The van der Waals surface area contributed by atoms with Crippen molar-refractivity contribution in [1.82, 2.24) is 19.1 Å². The summed E-state index contributed by atoms with van der Waals surface area (Å²) < 4.78 is 23.4. The number of fused-ring (bicyclic) bond motifs is 44. The molecule has 26 aromatic rings. The first kappa shape index (κ1) is 67.2. The fourth-order valence-corrected chi connectivity index (χ4v) is 25.4. The van der Waals surface area contributed by atoms with E-state index in [2.05, 4.69) is 397 Å². The van der Waals surface area contributed by atoms with Crippen molar-refractivity contribution in [3.63, 3.8) is 0 Å². The van der Waals surface area contributed by atoms with Gasteiger partial charge in [-0.2, -0.15) is 0 Å². The van der Waals surface area contributed by atoms with Crippen LogP contribution in [-0.4, -0.2) is 19.1 Å². The summed E-state index contributed by atoms with van der Waals surface area (Å²) in [7, 11) is 0. The predicted octanol–water partition coefficient (Wildman–Crippen LogP) is 31.2. The normalized spacial score (nSPS) is 13.6. The molecule has 0 N–H and O–H groups in total. The van der Waals surface area contributed by atoms with Crippen LogP contribution < -0.4 is 0 Å². The van der Waals surface area contributed by atoms with Crippen LogP contribution in [0.25, 0.3) is 228 Å². The van der Waals surface area contributed by atoms with Crippen LogP contribution in [0.1, 0.15) is 44.5 Å². The minimum atomic E-state index is -0.426. The van der Waals surface area contributed by atoms with Gasteiger partial charge in [0.15, 0.2) is 5.58 Å². The Morgan fingerprint density at radius 3 is 1.13 bits per heavy atom. The Hall–Kier alpha value is -15.6. The van der Waals surface area contributed by atoms with E-state index >= 15 is 0 Å². The van der Waals surface area contributed by atoms with E-state index in [9.17, 15) is 0 Å². The summed E-state index contributed by atoms with van der Waals surface area (Å²) >= 11 is 3.70. The number of para-hydroxylation sites is 4. The quantitative estimate of drug-likeness (QED) is 0.165. The lowest BCUT2D eigenvalue weighted by Gasteiger charge is -2.30. The largest absolute Gasteiger partial charge is 0.454 e. The van der Waals surface area contributed by atoms with Crippen LogP contribution in [0.3, 0.4) is 0 Å². The van der Waals surface area contributed by atoms with Crippen molar-refractivity contribution >= 4 is 172 Å². The van der Waals surface area contributed by atoms with E-state index in [-0.39, 0.29) is 0 Å². The monoisotopic (exact) mass is 1610 g/mol. The van der Waals surface area contributed by atoms with Crippen molar-refractivity contribution in [2.75, 3.05) is 0 Å². The Labute approximate surface area is 716 Å². The van der Waals surface area contributed by atoms with Crippen molar-refractivity contribution in [2.45, 2.75) is 10.8 Å². The van der Waals surface area contributed by atoms with Gasteiger partial charge in [-0.3, -0.25) is 4.57 Å². The van der Waals surface area contributed by atoms with Gasteiger partial charge in [-0.15, -0.1) is 22.7 Å². The second-order valence-corrected chi connectivity index (χ2v) is 36.0. The maximum atomic E-state index is 6.82. The Balaban J connectivity index is 0.000000124. The molecule has 4 aliphatic rings. The molecule has 0 fully saturated rings. The van der Waals surface area contributed by atoms with Crippen LogP contribution in [0.5, 0.6) is 0 Å². The third-order valence-electron chi connectivity index (χ3n) is 28.0. The number of hydrogen-bond donors (Lipinski definition) is 0. The van der Waals surface area contributed by atoms with Gasteiger partial charge in [-0.05, 0) is 180 Å². The molecule has 30 rings (SSSR count). The fourth-order valence-electron chi connectivity index (χ4n) is 23.2. The lowest BCUT2D eigenvalue weighted by Crippen LogP contribution is -2.25. The third-order valence-corrected chi connectivity index (χ3v) is 30.2. The number of benzene rings is 18. The summed E-state index contributed by atoms with van der Waals surface area (Å²) in [5.41, 5.74) is 35.4. The van der Waals surface area contributed by atoms with Crippen molar-refractivity contribution in [2.24, 2.45) is 0 Å². The number of furan rings is 2. The van der Waals surface area contributed by atoms with Crippen molar-refractivity contribution in [3.05, 3.63) is 433 Å². The molecule has 0 saturated heterocycles. The van der Waals surface area contributed by atoms with Crippen LogP contribution in [0.2, 0.25) is 0 Å². The van der Waals surface area contributed by atoms with Gasteiger partial charge < -0.3 is 13.4 Å². The van der Waals surface area contributed by atoms with E-state index in [0.29, 0.717) is 0 Å². The highest BCUT2D eigenvalue weighted by molar-refractivity contribution is 7.26. The molecule has 0 saturated carbocycles. The highest BCUT2D eigenvalue weighted by Gasteiger charge is 2.54. The first-order chi connectivity index (χ1) is 61.5. The summed E-state index contributed by atoms with van der Waals surface area (Å²) in [6.07, 6.45) is 0. The number of aromatic nitrogens is 4. The molecule has 572 valence electrons. The molecule has 8 heteroatoms. The minimum absolute atomic E-state index is 0.425. The molecule has 2 spiro atoms. The molecule has 8 aromatic heterocycles. The molecule has 6 nitrogen and oxygen atoms in total. The molecule has 0 bridgehead atoms. The van der Waals surface area contributed by atoms with Gasteiger partial charge in [0.25, 0.3) is 0 Å². The van der Waals surface area contributed by atoms with Gasteiger partial charge >= 0.3 is 0 Å². The van der Waals surface area contributed by atoms with Gasteiger partial charge in [0, 0.05) is 117 Å². The van der Waals surface area contributed by atoms with Gasteiger partial charge in [0.05, 0.1) is 49.7 Å². The van der Waals surface area contributed by atoms with E-state index in [1.165, 1.54) is 151 Å². The smallest absolute Gasteiger partial charge is 0.213 e. The molecule has 0 atom stereocenters. The maximum absolute atomic E-state index is 6.82. The van der Waals surface area contributed by atoms with Crippen LogP contribution in [-0.2, 0) is 10.8 Å². The molecule has 0 amide bonds. The van der Waals surface area contributed by atoms with Gasteiger partial charge in [0.2, 0.25) is 5.71 Å². The van der Waals surface area contributed by atoms with E-state index in [1.807, 2.05) is 22.7 Å². The van der Waals surface area contributed by atoms with E-state index < -0.39 is 10.8 Å². The van der Waals surface area contributed by atoms with Crippen molar-refractivity contribution < 1.29 is 8.83 Å². The second-order valence-electron chi connectivity index (χ2n) is 33.8. The van der Waals surface area contributed by atoms with Crippen LogP contribution in [0.15, 0.2) is 397 Å². The first-order valence-corrected chi connectivity index (χ1v) is 44.2. The number of rotatable bonds is 4. The minimum Gasteiger partial charge on any atom is -0.454 e. The molecule has 8 heterocycles.